The van der Waals surface area contributed by atoms with Crippen LogP contribution < -0.4 is 10.2 Å². The minimum Gasteiger partial charge on any atom is -0.370 e. The van der Waals surface area contributed by atoms with E-state index in [9.17, 15) is 9.00 Å². The summed E-state index contributed by atoms with van der Waals surface area (Å²) in [6.45, 7) is 2.73. The van der Waals surface area contributed by atoms with Crippen molar-refractivity contribution in [2.75, 3.05) is 44.0 Å². The summed E-state index contributed by atoms with van der Waals surface area (Å²) in [6, 6.07) is 3.84. The molecule has 1 aliphatic rings. The Hall–Kier alpha value is -1.29. The maximum atomic E-state index is 13.0. The number of alkyl halides is 1. The van der Waals surface area contributed by atoms with E-state index < -0.39 is 11.0 Å². The van der Waals surface area contributed by atoms with Gasteiger partial charge in [0.2, 0.25) is 5.91 Å². The molecule has 1 aromatic heterocycles. The second kappa shape index (κ2) is 11.2. The number of carbonyl (C=O) groups excluding carboxylic acids is 1. The second-order valence-corrected chi connectivity index (χ2v) is 9.69. The first-order valence-corrected chi connectivity index (χ1v) is 12.4. The molecule has 2 aromatic rings. The van der Waals surface area contributed by atoms with Gasteiger partial charge in [-0.05, 0) is 37.8 Å². The zero-order valence-corrected chi connectivity index (χ0v) is 19.1. The largest absolute Gasteiger partial charge is 0.370 e. The van der Waals surface area contributed by atoms with Crippen molar-refractivity contribution in [3.05, 3.63) is 12.1 Å². The van der Waals surface area contributed by atoms with Gasteiger partial charge in [-0.3, -0.25) is 4.79 Å². The van der Waals surface area contributed by atoms with Gasteiger partial charge in [0, 0.05) is 32.6 Å². The highest BCUT2D eigenvalue weighted by Gasteiger charge is 2.23. The van der Waals surface area contributed by atoms with Gasteiger partial charge in [0.05, 0.1) is 28.9 Å². The Kier molecular flexibility index (Phi) is 8.65. The van der Waals surface area contributed by atoms with Crippen LogP contribution in [0.15, 0.2) is 17.0 Å². The van der Waals surface area contributed by atoms with Crippen LogP contribution in [-0.2, 0) is 15.8 Å². The Morgan fingerprint density at radius 2 is 1.93 bits per heavy atom. The van der Waals surface area contributed by atoms with Gasteiger partial charge in [-0.2, -0.15) is 8.75 Å². The minimum absolute atomic E-state index is 0.0707. The van der Waals surface area contributed by atoms with Crippen molar-refractivity contribution in [3.8, 4) is 0 Å². The average molecular weight is 458 g/mol. The van der Waals surface area contributed by atoms with Crippen molar-refractivity contribution in [1.29, 1.82) is 0 Å². The van der Waals surface area contributed by atoms with E-state index in [0.717, 1.165) is 61.7 Å². The fourth-order valence-corrected chi connectivity index (χ4v) is 5.35. The van der Waals surface area contributed by atoms with Crippen molar-refractivity contribution in [3.63, 3.8) is 0 Å². The number of likely N-dealkylation sites (N-methyl/N-ethyl adjacent to an activating group) is 1. The highest BCUT2D eigenvalue weighted by molar-refractivity contribution is 7.83. The number of rotatable bonds is 11. The molecule has 10 heteroatoms. The molecule has 1 N–H and O–H groups in total. The zero-order chi connectivity index (χ0) is 20.6. The van der Waals surface area contributed by atoms with E-state index in [1.165, 1.54) is 12.8 Å². The third-order valence-electron chi connectivity index (χ3n) is 5.02. The molecule has 3 rings (SSSR count). The standard InChI is InChI=1S/C19H28ClN5O2S2/c1-24(14-17(26)21-11-5-3-2-4-10-20)29(27)16-9-8-15(25-12-6-7-13-25)18-19(16)23-28-22-18/h8-9H,2-7,10-14H2,1H3,(H,21,26). The Morgan fingerprint density at radius 3 is 2.69 bits per heavy atom. The van der Waals surface area contributed by atoms with Crippen LogP contribution in [0.5, 0.6) is 0 Å². The molecule has 1 aromatic carbocycles. The molecular weight excluding hydrogens is 430 g/mol. The van der Waals surface area contributed by atoms with Crippen molar-refractivity contribution in [2.45, 2.75) is 43.4 Å². The number of aromatic nitrogens is 2. The lowest BCUT2D eigenvalue weighted by molar-refractivity contribution is -0.121. The van der Waals surface area contributed by atoms with Gasteiger partial charge in [0.25, 0.3) is 0 Å². The molecule has 0 spiro atoms. The summed E-state index contributed by atoms with van der Waals surface area (Å²) < 4.78 is 23.4. The first-order chi connectivity index (χ1) is 14.1. The summed E-state index contributed by atoms with van der Waals surface area (Å²) in [5.41, 5.74) is 2.53. The Bertz CT molecular complexity index is 841. The number of hydrogen-bond acceptors (Lipinski definition) is 6. The molecule has 29 heavy (non-hydrogen) atoms. The molecule has 1 amide bonds. The van der Waals surface area contributed by atoms with E-state index in [0.29, 0.717) is 22.8 Å². The molecule has 0 bridgehead atoms. The molecule has 0 aliphatic carbocycles. The molecule has 1 unspecified atom stereocenters. The first kappa shape index (κ1) is 22.4. The van der Waals surface area contributed by atoms with Crippen LogP contribution in [0.1, 0.15) is 38.5 Å². The predicted octanol–water partition coefficient (Wildman–Crippen LogP) is 3.16. The van der Waals surface area contributed by atoms with Crippen LogP contribution in [0, 0.1) is 0 Å². The van der Waals surface area contributed by atoms with Gasteiger partial charge >= 0.3 is 0 Å². The number of hydrogen-bond donors (Lipinski definition) is 1. The fourth-order valence-electron chi connectivity index (χ4n) is 3.47. The SMILES string of the molecule is CN(CC(=O)NCCCCCCCl)S(=O)c1ccc(N2CCCC2)c2nsnc12. The number of nitrogens with zero attached hydrogens (tertiary/aromatic N) is 4. The lowest BCUT2D eigenvalue weighted by atomic mass is 10.2. The predicted molar refractivity (Wildman–Crippen MR) is 120 cm³/mol. The Labute approximate surface area is 183 Å². The molecule has 0 saturated carbocycles. The molecule has 7 nitrogen and oxygen atoms in total. The quantitative estimate of drug-likeness (QED) is 0.414. The number of amides is 1. The highest BCUT2D eigenvalue weighted by atomic mass is 35.5. The molecule has 0 radical (unpaired) electrons. The molecular formula is C19H28ClN5O2S2. The zero-order valence-electron chi connectivity index (χ0n) is 16.7. The maximum absolute atomic E-state index is 13.0. The van der Waals surface area contributed by atoms with Gasteiger partial charge < -0.3 is 10.2 Å². The summed E-state index contributed by atoms with van der Waals surface area (Å²) in [6.07, 6.45) is 6.42. The van der Waals surface area contributed by atoms with E-state index in [1.54, 1.807) is 11.4 Å². The van der Waals surface area contributed by atoms with Gasteiger partial charge in [0.15, 0.2) is 0 Å². The van der Waals surface area contributed by atoms with Gasteiger partial charge in [-0.25, -0.2) is 8.51 Å². The van der Waals surface area contributed by atoms with Crippen molar-refractivity contribution in [2.24, 2.45) is 0 Å². The summed E-state index contributed by atoms with van der Waals surface area (Å²) in [4.78, 5) is 15.1. The number of benzene rings is 1. The van der Waals surface area contributed by atoms with E-state index in [4.69, 9.17) is 11.6 Å². The van der Waals surface area contributed by atoms with E-state index in [2.05, 4.69) is 19.0 Å². The Morgan fingerprint density at radius 1 is 1.21 bits per heavy atom. The number of unbranched alkanes of at least 4 members (excludes halogenated alkanes) is 3. The highest BCUT2D eigenvalue weighted by Crippen LogP contribution is 2.32. The van der Waals surface area contributed by atoms with Crippen molar-refractivity contribution < 1.29 is 9.00 Å². The van der Waals surface area contributed by atoms with Gasteiger partial charge in [-0.15, -0.1) is 11.6 Å². The van der Waals surface area contributed by atoms with Crippen LogP contribution in [0.2, 0.25) is 0 Å². The van der Waals surface area contributed by atoms with Gasteiger partial charge in [-0.1, -0.05) is 12.8 Å². The normalized spacial score (nSPS) is 15.3. The summed E-state index contributed by atoms with van der Waals surface area (Å²) in [5.74, 6) is 0.559. The number of nitrogens with one attached hydrogen (secondary N) is 1. The number of halogens is 1. The lowest BCUT2D eigenvalue weighted by Crippen LogP contribution is -2.36. The second-order valence-electron chi connectivity index (χ2n) is 7.23. The summed E-state index contributed by atoms with van der Waals surface area (Å²) >= 11 is 6.79. The smallest absolute Gasteiger partial charge is 0.235 e. The number of carbonyl (C=O) groups is 1. The number of anilines is 1. The third-order valence-corrected chi connectivity index (χ3v) is 7.22. The van der Waals surface area contributed by atoms with Crippen LogP contribution in [0.4, 0.5) is 5.69 Å². The minimum atomic E-state index is -1.48. The number of fused-ring (bicyclic) bond motifs is 1. The molecule has 1 fully saturated rings. The maximum Gasteiger partial charge on any atom is 0.235 e. The van der Waals surface area contributed by atoms with Crippen molar-refractivity contribution in [1.82, 2.24) is 18.4 Å². The fraction of sp³-hybridized carbons (Fsp3) is 0.632. The Balaban J connectivity index is 1.58. The van der Waals surface area contributed by atoms with Crippen LogP contribution in [0.25, 0.3) is 11.0 Å². The van der Waals surface area contributed by atoms with Gasteiger partial charge in [0.1, 0.15) is 22.0 Å². The van der Waals surface area contributed by atoms with E-state index in [-0.39, 0.29) is 12.5 Å². The summed E-state index contributed by atoms with van der Waals surface area (Å²) in [7, 11) is 0.211. The summed E-state index contributed by atoms with van der Waals surface area (Å²) in [5, 5.41) is 2.89. The molecule has 160 valence electrons. The lowest BCUT2D eigenvalue weighted by Gasteiger charge is -2.19. The van der Waals surface area contributed by atoms with Crippen LogP contribution in [0.3, 0.4) is 0 Å². The average Bonchev–Trinajstić information content (AvgIpc) is 3.41. The molecule has 1 atom stereocenters. The molecule has 1 aliphatic heterocycles. The first-order valence-electron chi connectivity index (χ1n) is 10.1. The third kappa shape index (κ3) is 5.87. The van der Waals surface area contributed by atoms with Crippen LogP contribution >= 0.6 is 23.3 Å². The van der Waals surface area contributed by atoms with Crippen molar-refractivity contribution >= 4 is 56.9 Å². The molecule has 2 heterocycles. The topological polar surface area (TPSA) is 78.4 Å². The van der Waals surface area contributed by atoms with Crippen LogP contribution in [-0.4, -0.2) is 62.3 Å². The van der Waals surface area contributed by atoms with E-state index >= 15 is 0 Å². The monoisotopic (exact) mass is 457 g/mol. The molecule has 1 saturated heterocycles. The van der Waals surface area contributed by atoms with E-state index in [1.807, 2.05) is 12.1 Å².